The number of anilines is 2. The van der Waals surface area contributed by atoms with Crippen molar-refractivity contribution in [1.82, 2.24) is 15.0 Å². The van der Waals surface area contributed by atoms with E-state index in [1.165, 1.54) is 0 Å². The summed E-state index contributed by atoms with van der Waals surface area (Å²) in [7, 11) is 1.65. The van der Waals surface area contributed by atoms with Crippen molar-refractivity contribution < 1.29 is 28.0 Å². The van der Waals surface area contributed by atoms with Crippen LogP contribution in [0.25, 0.3) is 21.9 Å². The van der Waals surface area contributed by atoms with Crippen molar-refractivity contribution in [1.29, 1.82) is 0 Å². The SMILES string of the molecule is COc1ccc2[nH]c(C(=O)c3cc4cc(NC(=O)Nc5cc(C(C)(C)C)on5)ccc4o3)cc2c1CN1CCOCC1. The van der Waals surface area contributed by atoms with Crippen LogP contribution in [-0.4, -0.2) is 60.3 Å². The molecule has 6 rings (SSSR count). The highest BCUT2D eigenvalue weighted by Gasteiger charge is 2.22. The lowest BCUT2D eigenvalue weighted by Gasteiger charge is -2.27. The van der Waals surface area contributed by atoms with E-state index in [-0.39, 0.29) is 17.0 Å². The van der Waals surface area contributed by atoms with Gasteiger partial charge < -0.3 is 28.7 Å². The van der Waals surface area contributed by atoms with Gasteiger partial charge in [0, 0.05) is 58.7 Å². The second kappa shape index (κ2) is 11.0. The van der Waals surface area contributed by atoms with Crippen molar-refractivity contribution in [2.45, 2.75) is 32.7 Å². The monoisotopic (exact) mass is 571 g/mol. The summed E-state index contributed by atoms with van der Waals surface area (Å²) >= 11 is 0. The number of aromatic nitrogens is 2. The number of carbonyl (C=O) groups excluding carboxylic acids is 2. The van der Waals surface area contributed by atoms with E-state index >= 15 is 0 Å². The highest BCUT2D eigenvalue weighted by atomic mass is 16.5. The standard InChI is InChI=1S/C31H33N5O6/c1-31(2,3)27-16-28(35-42-27)34-30(38)32-19-5-7-24-18(13-19)14-26(41-24)29(37)23-15-20-21(17-36-9-11-40-12-10-36)25(39-4)8-6-22(20)33-23/h5-8,13-16,33H,9-12,17H2,1-4H3,(H2,32,34,35,38). The number of fused-ring (bicyclic) bond motifs is 2. The number of carbonyl (C=O) groups is 2. The molecule has 1 aliphatic heterocycles. The molecular weight excluding hydrogens is 538 g/mol. The van der Waals surface area contributed by atoms with Gasteiger partial charge in [0.05, 0.1) is 26.0 Å². The molecule has 3 aromatic heterocycles. The summed E-state index contributed by atoms with van der Waals surface area (Å²) < 4.78 is 22.4. The predicted molar refractivity (Wildman–Crippen MR) is 158 cm³/mol. The minimum atomic E-state index is -0.468. The van der Waals surface area contributed by atoms with Crippen molar-refractivity contribution >= 4 is 45.2 Å². The van der Waals surface area contributed by atoms with E-state index in [0.717, 1.165) is 35.3 Å². The number of nitrogens with zero attached hydrogens (tertiary/aromatic N) is 2. The summed E-state index contributed by atoms with van der Waals surface area (Å²) in [6.45, 7) is 9.75. The molecule has 11 heteroatoms. The zero-order chi connectivity index (χ0) is 29.4. The summed E-state index contributed by atoms with van der Waals surface area (Å²) in [6.07, 6.45) is 0. The summed E-state index contributed by atoms with van der Waals surface area (Å²) in [5, 5.41) is 11.0. The van der Waals surface area contributed by atoms with E-state index in [0.29, 0.717) is 53.7 Å². The van der Waals surface area contributed by atoms with Crippen LogP contribution in [0.4, 0.5) is 16.3 Å². The molecule has 42 heavy (non-hydrogen) atoms. The number of furan rings is 1. The topological polar surface area (TPSA) is 135 Å². The molecule has 11 nitrogen and oxygen atoms in total. The number of hydrogen-bond donors (Lipinski definition) is 3. The number of H-pyrrole nitrogens is 1. The third kappa shape index (κ3) is 5.61. The minimum absolute atomic E-state index is 0.192. The van der Waals surface area contributed by atoms with E-state index in [9.17, 15) is 9.59 Å². The smallest absolute Gasteiger partial charge is 0.324 e. The number of aromatic amines is 1. The van der Waals surface area contributed by atoms with Gasteiger partial charge in [-0.15, -0.1) is 0 Å². The van der Waals surface area contributed by atoms with Crippen molar-refractivity contribution in [3.05, 3.63) is 71.3 Å². The largest absolute Gasteiger partial charge is 0.496 e. The number of urea groups is 1. The normalized spacial score (nSPS) is 14.4. The van der Waals surface area contributed by atoms with Gasteiger partial charge in [-0.2, -0.15) is 0 Å². The maximum absolute atomic E-state index is 13.5. The molecule has 1 fully saturated rings. The molecule has 218 valence electrons. The maximum atomic E-state index is 13.5. The van der Waals surface area contributed by atoms with Crippen LogP contribution < -0.4 is 15.4 Å². The second-order valence-corrected chi connectivity index (χ2v) is 11.4. The molecule has 3 N–H and O–H groups in total. The number of nitrogens with one attached hydrogen (secondary N) is 3. The molecule has 5 aromatic rings. The Morgan fingerprint density at radius 3 is 2.60 bits per heavy atom. The first-order valence-corrected chi connectivity index (χ1v) is 13.8. The summed E-state index contributed by atoms with van der Waals surface area (Å²) in [5.41, 5.74) is 3.12. The molecule has 0 bridgehead atoms. The number of rotatable bonds is 7. The van der Waals surface area contributed by atoms with Crippen LogP contribution in [-0.2, 0) is 16.7 Å². The lowest BCUT2D eigenvalue weighted by Crippen LogP contribution is -2.35. The van der Waals surface area contributed by atoms with Crippen LogP contribution in [0.2, 0.25) is 0 Å². The number of methoxy groups -OCH3 is 1. The minimum Gasteiger partial charge on any atom is -0.496 e. The fourth-order valence-corrected chi connectivity index (χ4v) is 5.04. The van der Waals surface area contributed by atoms with Crippen LogP contribution in [0.5, 0.6) is 5.75 Å². The van der Waals surface area contributed by atoms with E-state index in [1.807, 2.05) is 39.0 Å². The fraction of sp³-hybridized carbons (Fsp3) is 0.323. The first kappa shape index (κ1) is 27.6. The van der Waals surface area contributed by atoms with Gasteiger partial charge in [-0.1, -0.05) is 25.9 Å². The Balaban J connectivity index is 1.20. The van der Waals surface area contributed by atoms with Gasteiger partial charge >= 0.3 is 6.03 Å². The Morgan fingerprint density at radius 2 is 1.86 bits per heavy atom. The van der Waals surface area contributed by atoms with Crippen LogP contribution in [0.15, 0.2) is 57.5 Å². The van der Waals surface area contributed by atoms with Gasteiger partial charge in [-0.3, -0.25) is 15.0 Å². The molecule has 0 saturated carbocycles. The van der Waals surface area contributed by atoms with Crippen LogP contribution in [0, 0.1) is 0 Å². The van der Waals surface area contributed by atoms with Gasteiger partial charge in [0.15, 0.2) is 11.6 Å². The molecule has 0 aliphatic carbocycles. The first-order valence-electron chi connectivity index (χ1n) is 13.8. The quantitative estimate of drug-likeness (QED) is 0.205. The molecular formula is C31H33N5O6. The zero-order valence-corrected chi connectivity index (χ0v) is 24.0. The number of morpholine rings is 1. The maximum Gasteiger partial charge on any atom is 0.324 e. The van der Waals surface area contributed by atoms with Crippen molar-refractivity contribution in [2.75, 3.05) is 44.0 Å². The molecule has 2 aromatic carbocycles. The molecule has 0 atom stereocenters. The molecule has 0 unspecified atom stereocenters. The number of ketones is 1. The molecule has 0 spiro atoms. The predicted octanol–water partition coefficient (Wildman–Crippen LogP) is 5.92. The van der Waals surface area contributed by atoms with Crippen molar-refractivity contribution in [3.63, 3.8) is 0 Å². The van der Waals surface area contributed by atoms with E-state index in [2.05, 4.69) is 25.7 Å². The zero-order valence-electron chi connectivity index (χ0n) is 24.0. The van der Waals surface area contributed by atoms with Crippen LogP contribution in [0.1, 0.15) is 48.3 Å². The number of ether oxygens (including phenoxy) is 2. The van der Waals surface area contributed by atoms with Crippen molar-refractivity contribution in [2.24, 2.45) is 0 Å². The molecule has 0 radical (unpaired) electrons. The molecule has 1 saturated heterocycles. The number of hydrogen-bond acceptors (Lipinski definition) is 8. The second-order valence-electron chi connectivity index (χ2n) is 11.4. The van der Waals surface area contributed by atoms with E-state index in [1.54, 1.807) is 37.4 Å². The van der Waals surface area contributed by atoms with Crippen LogP contribution in [0.3, 0.4) is 0 Å². The number of benzene rings is 2. The molecule has 4 heterocycles. The fourth-order valence-electron chi connectivity index (χ4n) is 5.04. The van der Waals surface area contributed by atoms with Gasteiger partial charge in [0.2, 0.25) is 5.78 Å². The average Bonchev–Trinajstić information content (AvgIpc) is 3.71. The lowest BCUT2D eigenvalue weighted by atomic mass is 9.93. The van der Waals surface area contributed by atoms with Crippen molar-refractivity contribution in [3.8, 4) is 5.75 Å². The van der Waals surface area contributed by atoms with Gasteiger partial charge in [0.1, 0.15) is 17.1 Å². The molecule has 2 amide bonds. The Labute approximate surface area is 242 Å². The van der Waals surface area contributed by atoms with E-state index < -0.39 is 6.03 Å². The lowest BCUT2D eigenvalue weighted by molar-refractivity contribution is 0.0341. The Hall–Kier alpha value is -4.61. The van der Waals surface area contributed by atoms with Gasteiger partial charge in [-0.25, -0.2) is 4.79 Å². The van der Waals surface area contributed by atoms with Crippen LogP contribution >= 0.6 is 0 Å². The average molecular weight is 572 g/mol. The highest BCUT2D eigenvalue weighted by Crippen LogP contribution is 2.32. The molecule has 1 aliphatic rings. The summed E-state index contributed by atoms with van der Waals surface area (Å²) in [5.74, 6) is 1.68. The van der Waals surface area contributed by atoms with Gasteiger partial charge in [0.25, 0.3) is 0 Å². The first-order chi connectivity index (χ1) is 20.2. The third-order valence-electron chi connectivity index (χ3n) is 7.31. The highest BCUT2D eigenvalue weighted by molar-refractivity contribution is 6.10. The number of amides is 2. The summed E-state index contributed by atoms with van der Waals surface area (Å²) in [6, 6.07) is 13.8. The van der Waals surface area contributed by atoms with E-state index in [4.69, 9.17) is 18.4 Å². The Morgan fingerprint density at radius 1 is 1.05 bits per heavy atom. The third-order valence-corrected chi connectivity index (χ3v) is 7.31. The van der Waals surface area contributed by atoms with Gasteiger partial charge in [-0.05, 0) is 42.5 Å². The summed E-state index contributed by atoms with van der Waals surface area (Å²) in [4.78, 5) is 31.6. The Kier molecular flexibility index (Phi) is 7.21. The Bertz CT molecular complexity index is 1770.